The molecule has 0 aliphatic carbocycles. The molecule has 0 radical (unpaired) electrons. The summed E-state index contributed by atoms with van der Waals surface area (Å²) in [6.45, 7) is 16.8. The van der Waals surface area contributed by atoms with E-state index in [0.717, 1.165) is 5.69 Å². The van der Waals surface area contributed by atoms with Gasteiger partial charge in [-0.15, -0.1) is 0 Å². The number of anilines is 1. The van der Waals surface area contributed by atoms with E-state index in [1.54, 1.807) is 18.4 Å². The summed E-state index contributed by atoms with van der Waals surface area (Å²) in [6.07, 6.45) is 1.47. The molecule has 0 saturated carbocycles. The average molecular weight is 437 g/mol. The molecule has 0 aromatic carbocycles. The first-order valence-electron chi connectivity index (χ1n) is 10.4. The van der Waals surface area contributed by atoms with Crippen LogP contribution < -0.4 is 5.73 Å². The van der Waals surface area contributed by atoms with Gasteiger partial charge in [-0.2, -0.15) is 5.10 Å². The minimum atomic E-state index is -1.92. The molecule has 8 nitrogen and oxygen atoms in total. The van der Waals surface area contributed by atoms with Crippen LogP contribution in [-0.4, -0.2) is 52.6 Å². The molecule has 9 heteroatoms. The van der Waals surface area contributed by atoms with Gasteiger partial charge in [0.05, 0.1) is 24.5 Å². The normalized spacial score (nSPS) is 25.9. The predicted molar refractivity (Wildman–Crippen MR) is 119 cm³/mol. The molecule has 0 amide bonds. The second-order valence-corrected chi connectivity index (χ2v) is 15.2. The van der Waals surface area contributed by atoms with Gasteiger partial charge in [0, 0.05) is 6.42 Å². The lowest BCUT2D eigenvalue weighted by atomic mass is 9.94. The van der Waals surface area contributed by atoms with Crippen molar-refractivity contribution in [2.45, 2.75) is 89.7 Å². The molecule has 0 spiro atoms. The lowest BCUT2D eigenvalue weighted by Gasteiger charge is -2.37. The van der Waals surface area contributed by atoms with Gasteiger partial charge in [-0.1, -0.05) is 20.8 Å². The molecular weight excluding hydrogens is 400 g/mol. The molecule has 3 N–H and O–H groups in total. The SMILES string of the molecule is CC(C)(O)OC1C[C@@H](CO[Si](C)(C)C(C)(C)C)O[C@@]1(C)c1ccc2c(N)ncnn12. The lowest BCUT2D eigenvalue weighted by Crippen LogP contribution is -2.43. The van der Waals surface area contributed by atoms with E-state index < -0.39 is 19.7 Å². The summed E-state index contributed by atoms with van der Waals surface area (Å²) in [5.74, 6) is -0.901. The molecule has 30 heavy (non-hydrogen) atoms. The molecule has 1 fully saturated rings. The van der Waals surface area contributed by atoms with Crippen molar-refractivity contribution in [2.75, 3.05) is 12.3 Å². The van der Waals surface area contributed by atoms with Gasteiger partial charge in [0.25, 0.3) is 0 Å². The number of ether oxygens (including phenoxy) is 2. The molecule has 1 aliphatic rings. The highest BCUT2D eigenvalue weighted by molar-refractivity contribution is 6.74. The van der Waals surface area contributed by atoms with Gasteiger partial charge >= 0.3 is 0 Å². The van der Waals surface area contributed by atoms with Crippen LogP contribution in [0, 0.1) is 0 Å². The highest BCUT2D eigenvalue weighted by Gasteiger charge is 2.51. The molecule has 0 bridgehead atoms. The van der Waals surface area contributed by atoms with Gasteiger partial charge in [0.1, 0.15) is 17.4 Å². The van der Waals surface area contributed by atoms with Crippen molar-refractivity contribution in [1.82, 2.24) is 14.6 Å². The van der Waals surface area contributed by atoms with E-state index in [-0.39, 0.29) is 17.2 Å². The Morgan fingerprint density at radius 1 is 1.30 bits per heavy atom. The fraction of sp³-hybridized carbons (Fsp3) is 0.714. The second kappa shape index (κ2) is 7.56. The average Bonchev–Trinajstić information content (AvgIpc) is 3.14. The molecule has 1 saturated heterocycles. The fourth-order valence-electron chi connectivity index (χ4n) is 3.62. The zero-order chi connectivity index (χ0) is 22.5. The number of nitrogen functional groups attached to an aromatic ring is 1. The number of aromatic nitrogens is 3. The summed E-state index contributed by atoms with van der Waals surface area (Å²) >= 11 is 0. The van der Waals surface area contributed by atoms with Crippen molar-refractivity contribution in [2.24, 2.45) is 0 Å². The number of hydrogen-bond donors (Lipinski definition) is 2. The maximum atomic E-state index is 10.4. The van der Waals surface area contributed by atoms with Crippen LogP contribution in [0.4, 0.5) is 5.82 Å². The topological polar surface area (TPSA) is 104 Å². The van der Waals surface area contributed by atoms with Crippen LogP contribution in [0.1, 0.15) is 53.7 Å². The highest BCUT2D eigenvalue weighted by atomic mass is 28.4. The quantitative estimate of drug-likeness (QED) is 0.528. The number of nitrogens with two attached hydrogens (primary N) is 1. The molecule has 3 rings (SSSR count). The van der Waals surface area contributed by atoms with E-state index in [9.17, 15) is 5.11 Å². The number of fused-ring (bicyclic) bond motifs is 1. The molecule has 168 valence electrons. The van der Waals surface area contributed by atoms with E-state index in [0.29, 0.717) is 24.4 Å². The fourth-order valence-corrected chi connectivity index (χ4v) is 4.65. The summed E-state index contributed by atoms with van der Waals surface area (Å²) < 4.78 is 20.7. The summed E-state index contributed by atoms with van der Waals surface area (Å²) in [4.78, 5) is 4.06. The Hall–Kier alpha value is -1.52. The van der Waals surface area contributed by atoms with Crippen LogP contribution >= 0.6 is 0 Å². The van der Waals surface area contributed by atoms with Crippen LogP contribution in [0.2, 0.25) is 18.1 Å². The third-order valence-corrected chi connectivity index (χ3v) is 10.9. The van der Waals surface area contributed by atoms with Crippen LogP contribution in [0.3, 0.4) is 0 Å². The molecular formula is C21H36N4O4Si. The van der Waals surface area contributed by atoms with Gasteiger partial charge in [0.15, 0.2) is 19.9 Å². The first-order chi connectivity index (χ1) is 13.6. The molecule has 2 aromatic rings. The van der Waals surface area contributed by atoms with Crippen molar-refractivity contribution >= 4 is 19.7 Å². The van der Waals surface area contributed by atoms with E-state index in [1.165, 1.54) is 6.33 Å². The first-order valence-corrected chi connectivity index (χ1v) is 13.4. The monoisotopic (exact) mass is 436 g/mol. The second-order valence-electron chi connectivity index (χ2n) is 10.4. The van der Waals surface area contributed by atoms with E-state index in [4.69, 9.17) is 19.6 Å². The minimum absolute atomic E-state index is 0.115. The largest absolute Gasteiger partial charge is 0.414 e. The maximum Gasteiger partial charge on any atom is 0.192 e. The first kappa shape index (κ1) is 23.1. The Morgan fingerprint density at radius 2 is 1.97 bits per heavy atom. The summed E-state index contributed by atoms with van der Waals surface area (Å²) in [7, 11) is -1.92. The van der Waals surface area contributed by atoms with Gasteiger partial charge in [0.2, 0.25) is 0 Å². The summed E-state index contributed by atoms with van der Waals surface area (Å²) in [6, 6.07) is 3.80. The van der Waals surface area contributed by atoms with Gasteiger partial charge < -0.3 is 24.7 Å². The van der Waals surface area contributed by atoms with Crippen molar-refractivity contribution in [3.63, 3.8) is 0 Å². The molecule has 3 heterocycles. The lowest BCUT2D eigenvalue weighted by molar-refractivity contribution is -0.233. The smallest absolute Gasteiger partial charge is 0.192 e. The van der Waals surface area contributed by atoms with Crippen LogP contribution in [0.15, 0.2) is 18.5 Å². The minimum Gasteiger partial charge on any atom is -0.414 e. The van der Waals surface area contributed by atoms with E-state index >= 15 is 0 Å². The van der Waals surface area contributed by atoms with Crippen molar-refractivity contribution in [1.29, 1.82) is 0 Å². The molecule has 3 atom stereocenters. The Labute approximate surface area is 179 Å². The standard InChI is InChI=1S/C21H36N4O4Si/c1-19(2,3)30(7,8)27-12-14-11-17(29-20(4,5)26)21(6,28-14)16-10-9-15-18(22)23-13-24-25(15)16/h9-10,13-14,17,26H,11-12H2,1-8H3,(H2,22,23,24)/t14-,17?,21-/m0/s1. The number of hydrogen-bond acceptors (Lipinski definition) is 7. The number of aliphatic hydroxyl groups is 1. The zero-order valence-electron chi connectivity index (χ0n) is 19.4. The Bertz CT molecular complexity index is 903. The Balaban J connectivity index is 1.91. The molecule has 2 aromatic heterocycles. The third-order valence-electron chi connectivity index (χ3n) is 6.36. The van der Waals surface area contributed by atoms with Crippen LogP contribution in [-0.2, 0) is 19.5 Å². The maximum absolute atomic E-state index is 10.4. The van der Waals surface area contributed by atoms with Crippen LogP contribution in [0.25, 0.3) is 5.52 Å². The van der Waals surface area contributed by atoms with E-state index in [1.807, 2.05) is 19.1 Å². The summed E-state index contributed by atoms with van der Waals surface area (Å²) in [5, 5.41) is 14.8. The van der Waals surface area contributed by atoms with Crippen molar-refractivity contribution in [3.8, 4) is 0 Å². The van der Waals surface area contributed by atoms with Gasteiger partial charge in [-0.25, -0.2) is 9.50 Å². The predicted octanol–water partition coefficient (Wildman–Crippen LogP) is 3.45. The summed E-state index contributed by atoms with van der Waals surface area (Å²) in [5.41, 5.74) is 6.68. The van der Waals surface area contributed by atoms with Gasteiger partial charge in [-0.3, -0.25) is 0 Å². The Kier molecular flexibility index (Phi) is 5.83. The molecule has 1 aliphatic heterocycles. The number of rotatable bonds is 6. The van der Waals surface area contributed by atoms with E-state index in [2.05, 4.69) is 43.9 Å². The Morgan fingerprint density at radius 3 is 2.57 bits per heavy atom. The molecule has 1 unspecified atom stereocenters. The highest BCUT2D eigenvalue weighted by Crippen LogP contribution is 2.44. The van der Waals surface area contributed by atoms with Gasteiger partial charge in [-0.05, 0) is 51.0 Å². The zero-order valence-corrected chi connectivity index (χ0v) is 20.4. The number of nitrogens with zero attached hydrogens (tertiary/aromatic N) is 3. The van der Waals surface area contributed by atoms with Crippen molar-refractivity contribution in [3.05, 3.63) is 24.2 Å². The third kappa shape index (κ3) is 4.40. The van der Waals surface area contributed by atoms with Crippen molar-refractivity contribution < 1.29 is 19.0 Å². The van der Waals surface area contributed by atoms with Crippen LogP contribution in [0.5, 0.6) is 0 Å².